The van der Waals surface area contributed by atoms with Crippen molar-refractivity contribution in [3.8, 4) is 0 Å². The molecule has 1 atom stereocenters. The van der Waals surface area contributed by atoms with Crippen LogP contribution in [-0.4, -0.2) is 34.6 Å². The molecule has 2 heterocycles. The second-order valence-corrected chi connectivity index (χ2v) is 6.34. The number of imide groups is 1. The number of anilines is 1. The second-order valence-electron chi connectivity index (χ2n) is 5.54. The van der Waals surface area contributed by atoms with Crippen LogP contribution in [0.1, 0.15) is 35.7 Å². The van der Waals surface area contributed by atoms with E-state index in [-0.39, 0.29) is 24.1 Å². The molecular formula is C15H14BrN3O4. The van der Waals surface area contributed by atoms with Gasteiger partial charge < -0.3 is 10.2 Å². The number of halogens is 1. The van der Waals surface area contributed by atoms with Crippen LogP contribution in [0.5, 0.6) is 0 Å². The highest BCUT2D eigenvalue weighted by Crippen LogP contribution is 2.36. The van der Waals surface area contributed by atoms with Crippen LogP contribution >= 0.6 is 15.9 Å². The van der Waals surface area contributed by atoms with Crippen molar-refractivity contribution in [3.63, 3.8) is 0 Å². The van der Waals surface area contributed by atoms with Gasteiger partial charge in [0.1, 0.15) is 6.04 Å². The summed E-state index contributed by atoms with van der Waals surface area (Å²) in [5.41, 5.74) is 1.73. The van der Waals surface area contributed by atoms with Crippen LogP contribution in [0.25, 0.3) is 0 Å². The van der Waals surface area contributed by atoms with E-state index < -0.39 is 11.9 Å². The molecule has 1 fully saturated rings. The topological polar surface area (TPSA) is 95.6 Å². The molecule has 120 valence electrons. The smallest absolute Gasteiger partial charge is 0.256 e. The van der Waals surface area contributed by atoms with Crippen molar-refractivity contribution >= 4 is 45.2 Å². The average molecular weight is 380 g/mol. The fourth-order valence-corrected chi connectivity index (χ4v) is 3.55. The van der Waals surface area contributed by atoms with E-state index in [1.54, 1.807) is 12.1 Å². The summed E-state index contributed by atoms with van der Waals surface area (Å²) in [6.45, 7) is 1.69. The Kier molecular flexibility index (Phi) is 3.93. The molecule has 1 unspecified atom stereocenters. The van der Waals surface area contributed by atoms with E-state index in [2.05, 4.69) is 26.6 Å². The minimum atomic E-state index is -0.649. The Morgan fingerprint density at radius 2 is 2.09 bits per heavy atom. The lowest BCUT2D eigenvalue weighted by Crippen LogP contribution is -2.52. The number of hydrogen-bond acceptors (Lipinski definition) is 4. The maximum atomic E-state index is 12.7. The molecule has 1 saturated heterocycles. The Morgan fingerprint density at radius 1 is 1.35 bits per heavy atom. The fraction of sp³-hybridized carbons (Fsp3) is 0.333. The minimum absolute atomic E-state index is 0.217. The zero-order valence-electron chi connectivity index (χ0n) is 12.3. The van der Waals surface area contributed by atoms with Gasteiger partial charge in [-0.15, -0.1) is 0 Å². The summed E-state index contributed by atoms with van der Waals surface area (Å²) >= 11 is 3.36. The number of rotatable bonds is 2. The fourth-order valence-electron chi connectivity index (χ4n) is 2.90. The molecule has 4 amide bonds. The van der Waals surface area contributed by atoms with Crippen LogP contribution in [-0.2, 0) is 20.9 Å². The van der Waals surface area contributed by atoms with E-state index in [0.717, 1.165) is 5.56 Å². The molecule has 7 nitrogen and oxygen atoms in total. The van der Waals surface area contributed by atoms with Crippen molar-refractivity contribution in [3.05, 3.63) is 27.7 Å². The van der Waals surface area contributed by atoms with E-state index in [4.69, 9.17) is 0 Å². The summed E-state index contributed by atoms with van der Waals surface area (Å²) in [5.74, 6) is -1.28. The highest BCUT2D eigenvalue weighted by Gasteiger charge is 2.40. The molecule has 0 aromatic heterocycles. The quantitative estimate of drug-likeness (QED) is 0.753. The van der Waals surface area contributed by atoms with Crippen LogP contribution in [0, 0.1) is 0 Å². The first kappa shape index (κ1) is 15.7. The van der Waals surface area contributed by atoms with Crippen LogP contribution in [0.3, 0.4) is 0 Å². The maximum Gasteiger partial charge on any atom is 0.256 e. The Balaban J connectivity index is 1.90. The van der Waals surface area contributed by atoms with E-state index in [1.807, 2.05) is 0 Å². The zero-order valence-corrected chi connectivity index (χ0v) is 13.9. The van der Waals surface area contributed by atoms with Crippen molar-refractivity contribution in [2.75, 3.05) is 5.32 Å². The number of fused-ring (bicyclic) bond motifs is 1. The predicted octanol–water partition coefficient (Wildman–Crippen LogP) is 1.17. The third-order valence-electron chi connectivity index (χ3n) is 3.94. The Hall–Kier alpha value is -2.22. The van der Waals surface area contributed by atoms with E-state index in [0.29, 0.717) is 28.7 Å². The lowest BCUT2D eigenvalue weighted by Gasteiger charge is -2.29. The highest BCUT2D eigenvalue weighted by molar-refractivity contribution is 9.10. The summed E-state index contributed by atoms with van der Waals surface area (Å²) in [5, 5.41) is 4.92. The number of nitrogens with zero attached hydrogens (tertiary/aromatic N) is 1. The number of carbonyl (C=O) groups excluding carboxylic acids is 4. The molecule has 1 aromatic rings. The molecule has 0 radical (unpaired) electrons. The largest absolute Gasteiger partial charge is 0.325 e. The number of hydrogen-bond donors (Lipinski definition) is 2. The summed E-state index contributed by atoms with van der Waals surface area (Å²) in [6.07, 6.45) is 0.537. The highest BCUT2D eigenvalue weighted by atomic mass is 79.9. The first-order valence-corrected chi connectivity index (χ1v) is 7.91. The van der Waals surface area contributed by atoms with Crippen molar-refractivity contribution in [1.29, 1.82) is 0 Å². The number of benzene rings is 1. The molecule has 1 aromatic carbocycles. The summed E-state index contributed by atoms with van der Waals surface area (Å²) in [7, 11) is 0. The molecule has 0 aliphatic carbocycles. The molecular weight excluding hydrogens is 366 g/mol. The number of carbonyl (C=O) groups is 4. The maximum absolute atomic E-state index is 12.7. The summed E-state index contributed by atoms with van der Waals surface area (Å²) in [4.78, 5) is 48.6. The molecule has 2 N–H and O–H groups in total. The van der Waals surface area contributed by atoms with Crippen molar-refractivity contribution < 1.29 is 19.2 Å². The Morgan fingerprint density at radius 3 is 2.74 bits per heavy atom. The summed E-state index contributed by atoms with van der Waals surface area (Å²) in [6, 6.07) is 2.82. The monoisotopic (exact) mass is 379 g/mol. The molecule has 23 heavy (non-hydrogen) atoms. The normalized spacial score (nSPS) is 20.3. The van der Waals surface area contributed by atoms with Gasteiger partial charge in [0, 0.05) is 19.9 Å². The molecule has 2 aliphatic rings. The van der Waals surface area contributed by atoms with Gasteiger partial charge in [-0.3, -0.25) is 24.5 Å². The van der Waals surface area contributed by atoms with Crippen LogP contribution in [0.2, 0.25) is 0 Å². The Bertz CT molecular complexity index is 746. The van der Waals surface area contributed by atoms with Gasteiger partial charge in [0.15, 0.2) is 0 Å². The molecule has 0 spiro atoms. The van der Waals surface area contributed by atoms with Crippen LogP contribution < -0.4 is 10.6 Å². The van der Waals surface area contributed by atoms with Gasteiger partial charge in [0.05, 0.1) is 15.7 Å². The van der Waals surface area contributed by atoms with Gasteiger partial charge in [-0.05, 0) is 34.0 Å². The molecule has 0 bridgehead atoms. The van der Waals surface area contributed by atoms with Gasteiger partial charge in [-0.1, -0.05) is 6.07 Å². The minimum Gasteiger partial charge on any atom is -0.325 e. The van der Waals surface area contributed by atoms with Crippen molar-refractivity contribution in [2.24, 2.45) is 0 Å². The first-order valence-electron chi connectivity index (χ1n) is 7.12. The van der Waals surface area contributed by atoms with Gasteiger partial charge in [0.25, 0.3) is 5.91 Å². The molecule has 2 aliphatic heterocycles. The van der Waals surface area contributed by atoms with Crippen molar-refractivity contribution in [1.82, 2.24) is 10.2 Å². The summed E-state index contributed by atoms with van der Waals surface area (Å²) < 4.78 is 0.505. The van der Waals surface area contributed by atoms with Crippen LogP contribution in [0.4, 0.5) is 5.69 Å². The standard InChI is InChI=1S/C15H14BrN3O4/c1-7(20)17-9-3-2-8-6-19(15(23)12(8)13(9)16)10-4-5-11(21)18-14(10)22/h2-3,10H,4-6H2,1H3,(H,17,20)(H,18,21,22). The molecule has 3 rings (SSSR count). The van der Waals surface area contributed by atoms with E-state index >= 15 is 0 Å². The SMILES string of the molecule is CC(=O)Nc1ccc2c(c1Br)C(=O)N(C1CCC(=O)NC1=O)C2. The van der Waals surface area contributed by atoms with Gasteiger partial charge >= 0.3 is 0 Å². The predicted molar refractivity (Wildman–Crippen MR) is 84.5 cm³/mol. The third kappa shape index (κ3) is 2.74. The van der Waals surface area contributed by atoms with Crippen LogP contribution in [0.15, 0.2) is 16.6 Å². The van der Waals surface area contributed by atoms with Gasteiger partial charge in [-0.25, -0.2) is 0 Å². The molecule has 8 heteroatoms. The van der Waals surface area contributed by atoms with E-state index in [9.17, 15) is 19.2 Å². The first-order chi connectivity index (χ1) is 10.9. The number of piperidine rings is 1. The number of amides is 4. The van der Waals surface area contributed by atoms with E-state index in [1.165, 1.54) is 11.8 Å². The Labute approximate surface area is 140 Å². The molecule has 0 saturated carbocycles. The third-order valence-corrected chi connectivity index (χ3v) is 4.76. The second kappa shape index (κ2) is 5.77. The van der Waals surface area contributed by atoms with Gasteiger partial charge in [0.2, 0.25) is 17.7 Å². The van der Waals surface area contributed by atoms with Gasteiger partial charge in [-0.2, -0.15) is 0 Å². The lowest BCUT2D eigenvalue weighted by atomic mass is 10.0. The average Bonchev–Trinajstić information content (AvgIpc) is 2.79. The lowest BCUT2D eigenvalue weighted by molar-refractivity contribution is -0.137. The zero-order chi connectivity index (χ0) is 16.7. The van der Waals surface area contributed by atoms with Crippen molar-refractivity contribution in [2.45, 2.75) is 32.4 Å². The number of nitrogens with one attached hydrogen (secondary N) is 2.